The van der Waals surface area contributed by atoms with Crippen LogP contribution in [0.5, 0.6) is 0 Å². The molecule has 3 heteroatoms. The normalized spacial score (nSPS) is 4.50. The predicted octanol–water partition coefficient (Wildman–Crippen LogP) is -2.98. The zero-order chi connectivity index (χ0) is 2.71. The third kappa shape index (κ3) is 23.2. The Morgan fingerprint density at radius 2 is 2.00 bits per heavy atom. The summed E-state index contributed by atoms with van der Waals surface area (Å²) in [5.41, 5.74) is 0. The van der Waals surface area contributed by atoms with Crippen molar-refractivity contribution in [3.63, 3.8) is 0 Å². The molecule has 1 N–H and O–H groups in total. The Morgan fingerprint density at radius 3 is 2.00 bits per heavy atom. The molecule has 0 spiro atoms. The van der Waals surface area contributed by atoms with Gasteiger partial charge in [-0.15, -0.1) is 0 Å². The maximum absolute atomic E-state index is 9.85. The van der Waals surface area contributed by atoms with Crippen LogP contribution < -0.4 is 18.9 Å². The van der Waals surface area contributed by atoms with Crippen LogP contribution >= 0.6 is 0 Å². The van der Waals surface area contributed by atoms with Gasteiger partial charge in [0.2, 0.25) is 0 Å². The Morgan fingerprint density at radius 1 is 2.00 bits per heavy atom. The van der Waals surface area contributed by atoms with Crippen molar-refractivity contribution in [2.24, 2.45) is 0 Å². The van der Waals surface area contributed by atoms with Crippen molar-refractivity contribution in [3.05, 3.63) is 0 Å². The van der Waals surface area contributed by atoms with Gasteiger partial charge in [0.05, 0.1) is 0 Å². The number of halogens is 1. The fourth-order valence-corrected chi connectivity index (χ4v) is 0. The summed E-state index contributed by atoms with van der Waals surface area (Å²) in [4.78, 5) is 0. The van der Waals surface area contributed by atoms with E-state index in [-0.39, 0.29) is 20.3 Å². The quantitative estimate of drug-likeness (QED) is 0.295. The number of aliphatic hydroxyl groups excluding tert-OH is 1. The summed E-state index contributed by atoms with van der Waals surface area (Å²) < 4.78 is 9.85. The van der Waals surface area contributed by atoms with Crippen molar-refractivity contribution < 1.29 is 29.8 Å². The van der Waals surface area contributed by atoms with Crippen LogP contribution in [0.1, 0.15) is 1.43 Å². The number of hydrogen-bond donors (Lipinski definition) is 1. The van der Waals surface area contributed by atoms with Crippen LogP contribution in [0.15, 0.2) is 0 Å². The van der Waals surface area contributed by atoms with Gasteiger partial charge in [-0.3, -0.25) is 0 Å². The monoisotopic (exact) mass is 58.0 g/mol. The van der Waals surface area contributed by atoms with Crippen LogP contribution in [0.4, 0.5) is 4.39 Å². The predicted molar refractivity (Wildman–Crippen MR) is 9.31 cm³/mol. The molecule has 1 nitrogen and oxygen atoms in total. The standard InChI is InChI=1S/CH3FO.Li.H/c2-1-3;;/h3H,1H2;;/q;+1;-1. The van der Waals surface area contributed by atoms with Crippen molar-refractivity contribution in [1.29, 1.82) is 0 Å². The van der Waals surface area contributed by atoms with Crippen molar-refractivity contribution in [2.45, 2.75) is 0 Å². The summed E-state index contributed by atoms with van der Waals surface area (Å²) in [5.74, 6) is 0. The molecule has 4 heavy (non-hydrogen) atoms. The Labute approximate surface area is 37.5 Å². The molecule has 0 aliphatic heterocycles. The van der Waals surface area contributed by atoms with Crippen molar-refractivity contribution in [3.8, 4) is 0 Å². The van der Waals surface area contributed by atoms with E-state index < -0.39 is 6.86 Å². The molecule has 0 aliphatic rings. The zero-order valence-electron chi connectivity index (χ0n) is 3.53. The second-order valence-electron chi connectivity index (χ2n) is 0.120. The van der Waals surface area contributed by atoms with Gasteiger partial charge in [0.25, 0.3) is 0 Å². The molecule has 0 saturated carbocycles. The Bertz CT molecular complexity index is 11.6. The van der Waals surface area contributed by atoms with Crippen LogP contribution in [0, 0.1) is 0 Å². The molecule has 0 heterocycles. The third-order valence-corrected chi connectivity index (χ3v) is 0. The summed E-state index contributed by atoms with van der Waals surface area (Å²) in [6.45, 7) is -1.25. The molecule has 0 fully saturated rings. The Balaban J connectivity index is -0.0000000200. The first-order chi connectivity index (χ1) is 1.41. The first kappa shape index (κ1) is 8.82. The van der Waals surface area contributed by atoms with Crippen LogP contribution in [0.3, 0.4) is 0 Å². The van der Waals surface area contributed by atoms with Gasteiger partial charge in [-0.2, -0.15) is 0 Å². The van der Waals surface area contributed by atoms with Gasteiger partial charge in [-0.05, 0) is 0 Å². The molecule has 22 valence electrons. The topological polar surface area (TPSA) is 20.2 Å². The van der Waals surface area contributed by atoms with E-state index in [0.717, 1.165) is 0 Å². The van der Waals surface area contributed by atoms with E-state index in [1.807, 2.05) is 0 Å². The molecule has 0 saturated heterocycles. The van der Waals surface area contributed by atoms with Crippen molar-refractivity contribution in [2.75, 3.05) is 6.86 Å². The fourth-order valence-electron chi connectivity index (χ4n) is 0. The summed E-state index contributed by atoms with van der Waals surface area (Å²) in [6.07, 6.45) is 0. The molecule has 0 radical (unpaired) electrons. The third-order valence-electron chi connectivity index (χ3n) is 0. The van der Waals surface area contributed by atoms with Gasteiger partial charge in [0, 0.05) is 0 Å². The minimum absolute atomic E-state index is 0. The zero-order valence-corrected chi connectivity index (χ0v) is 2.53. The molecular weight excluding hydrogens is 53.9 g/mol. The second kappa shape index (κ2) is 9.75. The van der Waals surface area contributed by atoms with Crippen LogP contribution in [-0.4, -0.2) is 12.0 Å². The van der Waals surface area contributed by atoms with Gasteiger partial charge in [-0.25, -0.2) is 4.39 Å². The molecule has 0 aromatic carbocycles. The van der Waals surface area contributed by atoms with Crippen LogP contribution in [0.25, 0.3) is 0 Å². The largest absolute Gasteiger partial charge is 1.00 e. The Hall–Kier alpha value is 0.487. The average molecular weight is 58.0 g/mol. The molecule has 0 aliphatic carbocycles. The molecule has 0 unspecified atom stereocenters. The van der Waals surface area contributed by atoms with E-state index in [0.29, 0.717) is 0 Å². The van der Waals surface area contributed by atoms with E-state index in [1.165, 1.54) is 0 Å². The summed E-state index contributed by atoms with van der Waals surface area (Å²) in [7, 11) is 0. The van der Waals surface area contributed by atoms with Gasteiger partial charge < -0.3 is 6.53 Å². The number of hydrogen-bond acceptors (Lipinski definition) is 1. The van der Waals surface area contributed by atoms with Crippen molar-refractivity contribution in [1.82, 2.24) is 0 Å². The molecule has 0 aromatic heterocycles. The van der Waals surface area contributed by atoms with Crippen LogP contribution in [0.2, 0.25) is 0 Å². The van der Waals surface area contributed by atoms with E-state index in [2.05, 4.69) is 0 Å². The second-order valence-corrected chi connectivity index (χ2v) is 0.120. The van der Waals surface area contributed by atoms with Gasteiger partial charge in [0.1, 0.15) is 0 Å². The van der Waals surface area contributed by atoms with E-state index in [1.54, 1.807) is 0 Å². The molecule has 0 rings (SSSR count). The van der Waals surface area contributed by atoms with E-state index >= 15 is 0 Å². The number of rotatable bonds is 0. The Kier molecular flexibility index (Phi) is 21.5. The molecule has 0 amide bonds. The van der Waals surface area contributed by atoms with E-state index in [9.17, 15) is 4.39 Å². The van der Waals surface area contributed by atoms with Gasteiger partial charge in [-0.1, -0.05) is 0 Å². The minimum atomic E-state index is -1.25. The molecule has 0 atom stereocenters. The van der Waals surface area contributed by atoms with Gasteiger partial charge >= 0.3 is 18.9 Å². The van der Waals surface area contributed by atoms with Crippen LogP contribution in [-0.2, 0) is 0 Å². The summed E-state index contributed by atoms with van der Waals surface area (Å²) in [5, 5.41) is 6.90. The summed E-state index contributed by atoms with van der Waals surface area (Å²) in [6, 6.07) is 0. The first-order valence-corrected chi connectivity index (χ1v) is 0.583. The summed E-state index contributed by atoms with van der Waals surface area (Å²) >= 11 is 0. The number of alkyl halides is 1. The molecule has 0 bridgehead atoms. The molecule has 0 aromatic rings. The van der Waals surface area contributed by atoms with Gasteiger partial charge in [0.15, 0.2) is 6.86 Å². The SMILES string of the molecule is OCF.[H-].[Li+]. The average Bonchev–Trinajstić information content (AvgIpc) is 0.918. The van der Waals surface area contributed by atoms with Crippen molar-refractivity contribution >= 4 is 0 Å². The van der Waals surface area contributed by atoms with E-state index in [4.69, 9.17) is 5.11 Å². The maximum atomic E-state index is 9.85. The number of aliphatic hydroxyl groups is 1. The molecular formula is CH4FLiO. The first-order valence-electron chi connectivity index (χ1n) is 0.583. The minimum Gasteiger partial charge on any atom is -1.00 e. The maximum Gasteiger partial charge on any atom is 1.00 e. The fraction of sp³-hybridized carbons (Fsp3) is 1.00. The smallest absolute Gasteiger partial charge is 1.00 e.